The Hall–Kier alpha value is -2.29. The fourth-order valence-corrected chi connectivity index (χ4v) is 2.56. The number of carboxylic acid groups (broad SMARTS) is 1. The highest BCUT2D eigenvalue weighted by molar-refractivity contribution is 5.89. The Morgan fingerprint density at radius 1 is 1.50 bits per heavy atom. The molecule has 0 fully saturated rings. The van der Waals surface area contributed by atoms with E-state index in [1.807, 2.05) is 0 Å². The minimum atomic E-state index is -4.53. The van der Waals surface area contributed by atoms with Crippen molar-refractivity contribution in [3.8, 4) is 0 Å². The summed E-state index contributed by atoms with van der Waals surface area (Å²) in [5.41, 5.74) is 0.891. The zero-order valence-corrected chi connectivity index (χ0v) is 13.0. The maximum atomic E-state index is 13.2. The molecule has 0 aromatic heterocycles. The van der Waals surface area contributed by atoms with E-state index in [0.29, 0.717) is 11.3 Å². The molecule has 0 bridgehead atoms. The van der Waals surface area contributed by atoms with Crippen molar-refractivity contribution in [3.63, 3.8) is 0 Å². The van der Waals surface area contributed by atoms with Gasteiger partial charge in [-0.25, -0.2) is 4.79 Å². The Bertz CT molecular complexity index is 633. The second-order valence-electron chi connectivity index (χ2n) is 5.47. The van der Waals surface area contributed by atoms with Crippen molar-refractivity contribution in [2.45, 2.75) is 31.7 Å². The van der Waals surface area contributed by atoms with E-state index in [4.69, 9.17) is 14.7 Å². The van der Waals surface area contributed by atoms with Crippen molar-refractivity contribution < 1.29 is 32.6 Å². The average molecular weight is 346 g/mol. The van der Waals surface area contributed by atoms with Gasteiger partial charge in [-0.15, -0.1) is 0 Å². The molecule has 1 aromatic carbocycles. The highest BCUT2D eigenvalue weighted by atomic mass is 19.4. The molecule has 1 aliphatic heterocycles. The van der Waals surface area contributed by atoms with Crippen LogP contribution in [0.5, 0.6) is 0 Å². The largest absolute Gasteiger partial charge is 0.465 e. The van der Waals surface area contributed by atoms with E-state index in [0.717, 1.165) is 7.11 Å². The quantitative estimate of drug-likeness (QED) is 0.850. The van der Waals surface area contributed by atoms with Crippen LogP contribution in [-0.2, 0) is 9.57 Å². The molecule has 2 unspecified atom stereocenters. The Morgan fingerprint density at radius 2 is 2.21 bits per heavy atom. The highest BCUT2D eigenvalue weighted by Gasteiger charge is 2.53. The van der Waals surface area contributed by atoms with Crippen LogP contribution < -0.4 is 5.32 Å². The van der Waals surface area contributed by atoms with E-state index in [2.05, 4.69) is 10.5 Å². The van der Waals surface area contributed by atoms with Gasteiger partial charge < -0.3 is 14.7 Å². The number of anilines is 1. The van der Waals surface area contributed by atoms with Crippen molar-refractivity contribution >= 4 is 17.5 Å². The molecule has 9 heteroatoms. The summed E-state index contributed by atoms with van der Waals surface area (Å²) in [6.07, 6.45) is -7.20. The number of alkyl halides is 3. The molecule has 132 valence electrons. The Labute approximate surface area is 136 Å². The topological polar surface area (TPSA) is 80.2 Å². The van der Waals surface area contributed by atoms with Crippen LogP contribution in [0.1, 0.15) is 24.8 Å². The van der Waals surface area contributed by atoms with Gasteiger partial charge in [0, 0.05) is 12.8 Å². The lowest BCUT2D eigenvalue weighted by molar-refractivity contribution is -0.226. The van der Waals surface area contributed by atoms with Gasteiger partial charge in [-0.3, -0.25) is 5.32 Å². The third-order valence-corrected chi connectivity index (χ3v) is 3.71. The highest BCUT2D eigenvalue weighted by Crippen LogP contribution is 2.38. The monoisotopic (exact) mass is 346 g/mol. The molecule has 1 aliphatic rings. The summed E-state index contributed by atoms with van der Waals surface area (Å²) in [5, 5.41) is 14.5. The maximum Gasteiger partial charge on any atom is 0.409 e. The van der Waals surface area contributed by atoms with Crippen LogP contribution in [0, 0.1) is 5.92 Å². The summed E-state index contributed by atoms with van der Waals surface area (Å²) >= 11 is 0. The molecule has 2 rings (SSSR count). The van der Waals surface area contributed by atoms with Crippen LogP contribution in [0.25, 0.3) is 0 Å². The number of halogens is 3. The number of nitrogens with zero attached hydrogens (tertiary/aromatic N) is 1. The molecule has 0 saturated heterocycles. The van der Waals surface area contributed by atoms with Gasteiger partial charge in [-0.05, 0) is 30.0 Å². The van der Waals surface area contributed by atoms with Gasteiger partial charge in [-0.1, -0.05) is 24.2 Å². The number of benzene rings is 1. The maximum absolute atomic E-state index is 13.2. The molecule has 3 atom stereocenters. The fraction of sp³-hybridized carbons (Fsp3) is 0.467. The van der Waals surface area contributed by atoms with Gasteiger partial charge in [0.25, 0.3) is 0 Å². The summed E-state index contributed by atoms with van der Waals surface area (Å²) < 4.78 is 44.3. The number of hydrogen-bond acceptors (Lipinski definition) is 4. The molecule has 0 saturated carbocycles. The molecule has 1 heterocycles. The number of nitrogens with one attached hydrogen (secondary N) is 1. The van der Waals surface area contributed by atoms with E-state index in [1.165, 1.54) is 0 Å². The first kappa shape index (κ1) is 18.1. The second kappa shape index (κ2) is 7.08. The van der Waals surface area contributed by atoms with Gasteiger partial charge >= 0.3 is 12.3 Å². The van der Waals surface area contributed by atoms with Crippen LogP contribution in [0.4, 0.5) is 23.7 Å². The number of methoxy groups -OCH3 is 1. The molecule has 1 amide bonds. The smallest absolute Gasteiger partial charge is 0.409 e. The van der Waals surface area contributed by atoms with Gasteiger partial charge in [-0.2, -0.15) is 13.2 Å². The predicted molar refractivity (Wildman–Crippen MR) is 80.0 cm³/mol. The summed E-state index contributed by atoms with van der Waals surface area (Å²) in [4.78, 5) is 15.4. The molecular formula is C15H17F3N2O4. The first-order valence-electron chi connectivity index (χ1n) is 7.14. The van der Waals surface area contributed by atoms with E-state index < -0.39 is 24.5 Å². The normalized spacial score (nSPS) is 21.8. The van der Waals surface area contributed by atoms with Crippen molar-refractivity contribution in [1.82, 2.24) is 0 Å². The minimum absolute atomic E-state index is 0.0144. The Balaban J connectivity index is 2.14. The lowest BCUT2D eigenvalue weighted by atomic mass is 9.89. The molecular weight excluding hydrogens is 329 g/mol. The third kappa shape index (κ3) is 4.16. The van der Waals surface area contributed by atoms with Crippen molar-refractivity contribution in [2.75, 3.05) is 12.4 Å². The van der Waals surface area contributed by atoms with Crippen LogP contribution in [-0.4, -0.2) is 36.5 Å². The minimum Gasteiger partial charge on any atom is -0.465 e. The number of hydrogen-bond donors (Lipinski definition) is 2. The predicted octanol–water partition coefficient (Wildman–Crippen LogP) is 3.81. The summed E-state index contributed by atoms with van der Waals surface area (Å²) in [7, 11) is 1.13. The molecule has 0 spiro atoms. The van der Waals surface area contributed by atoms with Gasteiger partial charge in [0.2, 0.25) is 6.29 Å². The third-order valence-electron chi connectivity index (χ3n) is 3.71. The van der Waals surface area contributed by atoms with Crippen LogP contribution in [0.15, 0.2) is 29.4 Å². The Kier molecular flexibility index (Phi) is 5.33. The van der Waals surface area contributed by atoms with Crippen LogP contribution in [0.3, 0.4) is 0 Å². The zero-order valence-electron chi connectivity index (χ0n) is 13.0. The van der Waals surface area contributed by atoms with Gasteiger partial charge in [0.1, 0.15) is 0 Å². The van der Waals surface area contributed by atoms with Crippen molar-refractivity contribution in [1.29, 1.82) is 0 Å². The van der Waals surface area contributed by atoms with Gasteiger partial charge in [0.05, 0.1) is 5.71 Å². The summed E-state index contributed by atoms with van der Waals surface area (Å²) in [6, 6.07) is 6.47. The van der Waals surface area contributed by atoms with E-state index in [-0.39, 0.29) is 18.1 Å². The molecule has 0 aliphatic carbocycles. The summed E-state index contributed by atoms with van der Waals surface area (Å²) in [6.45, 7) is 1.73. The fourth-order valence-electron chi connectivity index (χ4n) is 2.56. The lowest BCUT2D eigenvalue weighted by Gasteiger charge is -2.21. The number of carbonyl (C=O) groups is 1. The average Bonchev–Trinajstić information content (AvgIpc) is 2.89. The molecule has 1 aromatic rings. The molecule has 0 radical (unpaired) electrons. The standard InChI is InChI=1S/C15H17F3N2O4/c1-8(9-4-3-5-10(7-9)19-14(21)22)6-11-12(15(16,17)18)13(23-2)24-20-11/h3-5,7-8,12-13,19H,6H2,1-2H3,(H,21,22)/t8-,12?,13?/m1/s1. The van der Waals surface area contributed by atoms with Crippen LogP contribution >= 0.6 is 0 Å². The SMILES string of the molecule is COC1ON=C(C[C@@H](C)c2cccc(NC(=O)O)c2)C1C(F)(F)F. The lowest BCUT2D eigenvalue weighted by Crippen LogP contribution is -2.38. The number of oxime groups is 1. The van der Waals surface area contributed by atoms with Crippen molar-refractivity contribution in [3.05, 3.63) is 29.8 Å². The van der Waals surface area contributed by atoms with Gasteiger partial charge in [0.15, 0.2) is 5.92 Å². The molecule has 24 heavy (non-hydrogen) atoms. The number of amides is 1. The molecule has 6 nitrogen and oxygen atoms in total. The second-order valence-corrected chi connectivity index (χ2v) is 5.47. The van der Waals surface area contributed by atoms with E-state index >= 15 is 0 Å². The van der Waals surface area contributed by atoms with Crippen LogP contribution in [0.2, 0.25) is 0 Å². The number of ether oxygens (including phenoxy) is 1. The van der Waals surface area contributed by atoms with E-state index in [9.17, 15) is 18.0 Å². The first-order chi connectivity index (χ1) is 11.2. The zero-order chi connectivity index (χ0) is 17.9. The summed E-state index contributed by atoms with van der Waals surface area (Å²) in [5.74, 6) is -2.23. The first-order valence-corrected chi connectivity index (χ1v) is 7.14. The molecule has 2 N–H and O–H groups in total. The van der Waals surface area contributed by atoms with Crippen molar-refractivity contribution in [2.24, 2.45) is 11.1 Å². The Morgan fingerprint density at radius 3 is 2.79 bits per heavy atom. The van der Waals surface area contributed by atoms with E-state index in [1.54, 1.807) is 31.2 Å². The number of rotatable bonds is 5.